The number of rotatable bonds is 5. The zero-order valence-corrected chi connectivity index (χ0v) is 17.6. The number of nitrogens with zero attached hydrogens (tertiary/aromatic N) is 3. The third-order valence-corrected chi connectivity index (χ3v) is 6.23. The lowest BCUT2D eigenvalue weighted by molar-refractivity contribution is 0.138. The van der Waals surface area contributed by atoms with Crippen molar-refractivity contribution < 1.29 is 14.0 Å². The van der Waals surface area contributed by atoms with Crippen molar-refractivity contribution in [1.29, 1.82) is 0 Å². The van der Waals surface area contributed by atoms with Gasteiger partial charge < -0.3 is 19.3 Å². The lowest BCUT2D eigenvalue weighted by atomic mass is 9.87. The normalized spacial score (nSPS) is 24.3. The topological polar surface area (TPSA) is 82.3 Å². The molecule has 0 spiro atoms. The van der Waals surface area contributed by atoms with Crippen LogP contribution in [0.2, 0.25) is 0 Å². The maximum Gasteiger partial charge on any atom is 0.226 e. The van der Waals surface area contributed by atoms with Crippen molar-refractivity contribution in [2.75, 3.05) is 18.5 Å². The van der Waals surface area contributed by atoms with Gasteiger partial charge in [0.15, 0.2) is 5.58 Å². The van der Waals surface area contributed by atoms with Gasteiger partial charge in [-0.3, -0.25) is 0 Å². The van der Waals surface area contributed by atoms with E-state index in [4.69, 9.17) is 19.0 Å². The Balaban J connectivity index is 1.46. The van der Waals surface area contributed by atoms with Gasteiger partial charge in [-0.1, -0.05) is 18.1 Å². The molecule has 1 saturated heterocycles. The van der Waals surface area contributed by atoms with Crippen molar-refractivity contribution in [3.63, 3.8) is 0 Å². The molecule has 30 heavy (non-hydrogen) atoms. The predicted molar refractivity (Wildman–Crippen MR) is 115 cm³/mol. The molecule has 158 valence electrons. The van der Waals surface area contributed by atoms with Gasteiger partial charge in [-0.25, -0.2) is 4.98 Å². The van der Waals surface area contributed by atoms with E-state index in [1.807, 2.05) is 25.3 Å². The molecule has 3 heterocycles. The highest BCUT2D eigenvalue weighted by Crippen LogP contribution is 2.34. The zero-order chi connectivity index (χ0) is 20.5. The van der Waals surface area contributed by atoms with Gasteiger partial charge in [-0.05, 0) is 56.2 Å². The predicted octanol–water partition coefficient (Wildman–Crippen LogP) is 4.75. The van der Waals surface area contributed by atoms with E-state index in [2.05, 4.69) is 28.4 Å². The van der Waals surface area contributed by atoms with E-state index in [9.17, 15) is 0 Å². The van der Waals surface area contributed by atoms with E-state index >= 15 is 0 Å². The second kappa shape index (κ2) is 8.22. The van der Waals surface area contributed by atoms with Crippen LogP contribution in [0.4, 0.5) is 5.95 Å². The molecule has 2 aromatic heterocycles. The molecule has 0 bridgehead atoms. The minimum atomic E-state index is 0.0167. The van der Waals surface area contributed by atoms with Gasteiger partial charge >= 0.3 is 0 Å². The van der Waals surface area contributed by atoms with E-state index in [-0.39, 0.29) is 6.10 Å². The molecule has 1 aromatic carbocycles. The van der Waals surface area contributed by atoms with Crippen LogP contribution in [0.15, 0.2) is 28.9 Å². The highest BCUT2D eigenvalue weighted by atomic mass is 16.5. The van der Waals surface area contributed by atoms with E-state index < -0.39 is 0 Å². The first kappa shape index (κ1) is 19.3. The lowest BCUT2D eigenvalue weighted by Crippen LogP contribution is -2.26. The molecule has 1 saturated carbocycles. The Labute approximate surface area is 176 Å². The molecule has 5 rings (SSSR count). The van der Waals surface area contributed by atoms with Gasteiger partial charge in [0.05, 0.1) is 24.5 Å². The van der Waals surface area contributed by atoms with E-state index in [1.54, 1.807) is 0 Å². The van der Waals surface area contributed by atoms with Gasteiger partial charge in [0.2, 0.25) is 11.8 Å². The van der Waals surface area contributed by atoms with E-state index in [0.717, 1.165) is 59.6 Å². The van der Waals surface area contributed by atoms with Gasteiger partial charge in [0, 0.05) is 24.0 Å². The fraction of sp³-hybridized carbons (Fsp3) is 0.522. The molecule has 1 aliphatic heterocycles. The molecular weight excluding hydrogens is 380 g/mol. The van der Waals surface area contributed by atoms with Crippen molar-refractivity contribution in [1.82, 2.24) is 15.1 Å². The number of anilines is 1. The van der Waals surface area contributed by atoms with Crippen LogP contribution in [0.1, 0.15) is 44.7 Å². The fourth-order valence-corrected chi connectivity index (χ4v) is 4.30. The summed E-state index contributed by atoms with van der Waals surface area (Å²) in [5, 5.41) is 8.57. The smallest absolute Gasteiger partial charge is 0.226 e. The summed E-state index contributed by atoms with van der Waals surface area (Å²) >= 11 is 0. The molecule has 0 amide bonds. The summed E-state index contributed by atoms with van der Waals surface area (Å²) in [5.41, 5.74) is 3.49. The highest BCUT2D eigenvalue weighted by molar-refractivity contribution is 5.85. The Morgan fingerprint density at radius 1 is 1.13 bits per heavy atom. The van der Waals surface area contributed by atoms with Crippen LogP contribution in [0, 0.1) is 12.8 Å². The molecule has 1 unspecified atom stereocenters. The monoisotopic (exact) mass is 408 g/mol. The molecule has 3 aromatic rings. The van der Waals surface area contributed by atoms with Crippen molar-refractivity contribution in [2.45, 2.75) is 58.1 Å². The van der Waals surface area contributed by atoms with Gasteiger partial charge in [-0.2, -0.15) is 4.98 Å². The summed E-state index contributed by atoms with van der Waals surface area (Å²) in [6.45, 7) is 5.58. The Bertz CT molecular complexity index is 1020. The number of aromatic nitrogens is 3. The van der Waals surface area contributed by atoms with Crippen LogP contribution in [-0.2, 0) is 4.74 Å². The minimum Gasteiger partial charge on any atom is -0.471 e. The average molecular weight is 409 g/mol. The van der Waals surface area contributed by atoms with Gasteiger partial charge in [-0.15, -0.1) is 0 Å². The number of nitrogens with one attached hydrogen (secondary N) is 1. The van der Waals surface area contributed by atoms with Crippen LogP contribution in [-0.4, -0.2) is 40.5 Å². The van der Waals surface area contributed by atoms with Crippen LogP contribution in [0.25, 0.3) is 22.1 Å². The first-order valence-corrected chi connectivity index (χ1v) is 10.9. The highest BCUT2D eigenvalue weighted by Gasteiger charge is 2.23. The zero-order valence-electron chi connectivity index (χ0n) is 17.6. The number of aryl methyl sites for hydroxylation is 1. The molecule has 2 fully saturated rings. The number of hydrogen-bond acceptors (Lipinski definition) is 7. The summed E-state index contributed by atoms with van der Waals surface area (Å²) in [4.78, 5) is 9.40. The molecule has 7 nitrogen and oxygen atoms in total. The molecule has 7 heteroatoms. The van der Waals surface area contributed by atoms with Gasteiger partial charge in [0.25, 0.3) is 0 Å². The summed E-state index contributed by atoms with van der Waals surface area (Å²) in [6.07, 6.45) is 7.55. The van der Waals surface area contributed by atoms with Crippen molar-refractivity contribution in [3.05, 3.63) is 30.1 Å². The molecule has 1 atom stereocenters. The molecule has 1 N–H and O–H groups in total. The standard InChI is InChI=1S/C23H28N4O3/c1-14-3-6-17(7-4-14)25-23-24-12-20(22(26-23)29-18-9-10-28-13-18)16-5-8-21-19(11-16)15(2)27-30-21/h5,8,11-12,14,17-18H,3-4,6-7,9-10,13H2,1-2H3,(H,24,25,26). The molecule has 1 aliphatic carbocycles. The SMILES string of the molecule is Cc1noc2ccc(-c3cnc(NC4CCC(C)CC4)nc3OC3CCOC3)cc12. The maximum absolute atomic E-state index is 6.28. The third-order valence-electron chi connectivity index (χ3n) is 6.23. The average Bonchev–Trinajstić information content (AvgIpc) is 3.40. The largest absolute Gasteiger partial charge is 0.471 e. The number of benzene rings is 1. The summed E-state index contributed by atoms with van der Waals surface area (Å²) in [6, 6.07) is 6.42. The third kappa shape index (κ3) is 3.99. The van der Waals surface area contributed by atoms with Crippen LogP contribution in [0.5, 0.6) is 5.88 Å². The fourth-order valence-electron chi connectivity index (χ4n) is 4.30. The van der Waals surface area contributed by atoms with Crippen molar-refractivity contribution >= 4 is 16.9 Å². The summed E-state index contributed by atoms with van der Waals surface area (Å²) < 4.78 is 17.1. The van der Waals surface area contributed by atoms with Crippen molar-refractivity contribution in [2.24, 2.45) is 5.92 Å². The van der Waals surface area contributed by atoms with Gasteiger partial charge in [0.1, 0.15) is 6.10 Å². The second-order valence-corrected chi connectivity index (χ2v) is 8.60. The number of ether oxygens (including phenoxy) is 2. The molecule has 0 radical (unpaired) electrons. The Hall–Kier alpha value is -2.67. The summed E-state index contributed by atoms with van der Waals surface area (Å²) in [5.74, 6) is 2.04. The maximum atomic E-state index is 6.28. The number of hydrogen-bond donors (Lipinski definition) is 1. The van der Waals surface area contributed by atoms with E-state index in [1.165, 1.54) is 12.8 Å². The lowest BCUT2D eigenvalue weighted by Gasteiger charge is -2.27. The Morgan fingerprint density at radius 3 is 2.80 bits per heavy atom. The molecular formula is C23H28N4O3. The van der Waals surface area contributed by atoms with Crippen LogP contribution < -0.4 is 10.1 Å². The Morgan fingerprint density at radius 2 is 2.00 bits per heavy atom. The minimum absolute atomic E-state index is 0.0167. The quantitative estimate of drug-likeness (QED) is 0.652. The first-order valence-electron chi connectivity index (χ1n) is 10.9. The van der Waals surface area contributed by atoms with Crippen LogP contribution in [0.3, 0.4) is 0 Å². The van der Waals surface area contributed by atoms with E-state index in [0.29, 0.717) is 24.5 Å². The van der Waals surface area contributed by atoms with Crippen molar-refractivity contribution in [3.8, 4) is 17.0 Å². The molecule has 2 aliphatic rings. The second-order valence-electron chi connectivity index (χ2n) is 8.60. The first-order chi connectivity index (χ1) is 14.7. The number of fused-ring (bicyclic) bond motifs is 1. The summed E-state index contributed by atoms with van der Waals surface area (Å²) in [7, 11) is 0. The van der Waals surface area contributed by atoms with Crippen LogP contribution >= 0.6 is 0 Å². The Kier molecular flexibility index (Phi) is 5.29.